The van der Waals surface area contributed by atoms with Gasteiger partial charge < -0.3 is 4.74 Å². The summed E-state index contributed by atoms with van der Waals surface area (Å²) in [7, 11) is 0. The van der Waals surface area contributed by atoms with E-state index in [2.05, 4.69) is 13.5 Å². The van der Waals surface area contributed by atoms with Crippen molar-refractivity contribution in [2.45, 2.75) is 51.2 Å². The van der Waals surface area contributed by atoms with E-state index in [-0.39, 0.29) is 0 Å². The van der Waals surface area contributed by atoms with E-state index < -0.39 is 0 Å². The Hall–Kier alpha value is -0.300. The van der Waals surface area contributed by atoms with Crippen molar-refractivity contribution in [3.8, 4) is 0 Å². The summed E-state index contributed by atoms with van der Waals surface area (Å²) in [6.07, 6.45) is 9.02. The molecule has 2 atom stereocenters. The van der Waals surface area contributed by atoms with Crippen LogP contribution in [0.3, 0.4) is 0 Å². The molecule has 0 unspecified atom stereocenters. The minimum Gasteiger partial charge on any atom is -0.371 e. The van der Waals surface area contributed by atoms with Crippen LogP contribution in [0.15, 0.2) is 12.7 Å². The van der Waals surface area contributed by atoms with E-state index in [0.29, 0.717) is 12.2 Å². The maximum Gasteiger partial charge on any atom is 0.0757 e. The van der Waals surface area contributed by atoms with E-state index >= 15 is 0 Å². The van der Waals surface area contributed by atoms with Crippen LogP contribution in [0.25, 0.3) is 0 Å². The molecule has 1 fully saturated rings. The van der Waals surface area contributed by atoms with Gasteiger partial charge in [-0.25, -0.2) is 0 Å². The molecule has 0 aromatic heterocycles. The van der Waals surface area contributed by atoms with Crippen LogP contribution in [-0.2, 0) is 4.74 Å². The fourth-order valence-electron chi connectivity index (χ4n) is 1.55. The average Bonchev–Trinajstić information content (AvgIpc) is 2.48. The van der Waals surface area contributed by atoms with Gasteiger partial charge in [-0.1, -0.05) is 25.8 Å². The van der Waals surface area contributed by atoms with E-state index in [1.54, 1.807) is 0 Å². The van der Waals surface area contributed by atoms with Gasteiger partial charge in [0.2, 0.25) is 0 Å². The van der Waals surface area contributed by atoms with Crippen LogP contribution in [-0.4, -0.2) is 12.2 Å². The topological polar surface area (TPSA) is 9.23 Å². The Kier molecular flexibility index (Phi) is 3.64. The Morgan fingerprint density at radius 1 is 1.55 bits per heavy atom. The van der Waals surface area contributed by atoms with E-state index in [9.17, 15) is 0 Å². The first-order valence-electron chi connectivity index (χ1n) is 4.64. The molecule has 1 heterocycles. The highest BCUT2D eigenvalue weighted by Crippen LogP contribution is 2.23. The third-order valence-corrected chi connectivity index (χ3v) is 2.28. The van der Waals surface area contributed by atoms with Crippen molar-refractivity contribution >= 4 is 0 Å². The third-order valence-electron chi connectivity index (χ3n) is 2.28. The highest BCUT2D eigenvalue weighted by atomic mass is 16.5. The van der Waals surface area contributed by atoms with E-state index in [1.165, 1.54) is 32.1 Å². The molecule has 0 aromatic carbocycles. The molecule has 1 aliphatic heterocycles. The maximum atomic E-state index is 5.69. The highest BCUT2D eigenvalue weighted by molar-refractivity contribution is 4.86. The summed E-state index contributed by atoms with van der Waals surface area (Å²) in [6, 6.07) is 0. The molecule has 1 rings (SSSR count). The molecule has 0 spiro atoms. The molecular formula is C10H18O. The van der Waals surface area contributed by atoms with Crippen LogP contribution in [0.2, 0.25) is 0 Å². The summed E-state index contributed by atoms with van der Waals surface area (Å²) in [5.41, 5.74) is 0. The number of hydrogen-bond acceptors (Lipinski definition) is 1. The smallest absolute Gasteiger partial charge is 0.0757 e. The Bertz CT molecular complexity index is 120. The molecule has 64 valence electrons. The molecule has 0 radical (unpaired) electrons. The summed E-state index contributed by atoms with van der Waals surface area (Å²) in [6.45, 7) is 5.95. The van der Waals surface area contributed by atoms with E-state index in [4.69, 9.17) is 4.74 Å². The van der Waals surface area contributed by atoms with Crippen molar-refractivity contribution in [2.24, 2.45) is 0 Å². The molecule has 0 aliphatic carbocycles. The summed E-state index contributed by atoms with van der Waals surface area (Å²) >= 11 is 0. The normalized spacial score (nSPS) is 30.6. The first-order chi connectivity index (χ1) is 5.36. The van der Waals surface area contributed by atoms with E-state index in [1.807, 2.05) is 6.08 Å². The Morgan fingerprint density at radius 3 is 2.91 bits per heavy atom. The minimum atomic E-state index is 0.344. The van der Waals surface area contributed by atoms with Crippen LogP contribution in [0.5, 0.6) is 0 Å². The maximum absolute atomic E-state index is 5.69. The predicted octanol–water partition coefficient (Wildman–Crippen LogP) is 2.91. The lowest BCUT2D eigenvalue weighted by Crippen LogP contribution is -2.08. The van der Waals surface area contributed by atoms with Crippen LogP contribution >= 0.6 is 0 Å². The van der Waals surface area contributed by atoms with Crippen molar-refractivity contribution in [1.82, 2.24) is 0 Å². The van der Waals surface area contributed by atoms with Gasteiger partial charge in [0.25, 0.3) is 0 Å². The van der Waals surface area contributed by atoms with Crippen LogP contribution in [0.1, 0.15) is 39.0 Å². The largest absolute Gasteiger partial charge is 0.371 e. The molecular weight excluding hydrogens is 136 g/mol. The van der Waals surface area contributed by atoms with Crippen molar-refractivity contribution in [3.05, 3.63) is 12.7 Å². The molecule has 1 nitrogen and oxygen atoms in total. The number of hydrogen-bond donors (Lipinski definition) is 0. The fourth-order valence-corrected chi connectivity index (χ4v) is 1.55. The molecule has 1 saturated heterocycles. The Balaban J connectivity index is 2.14. The molecule has 0 bridgehead atoms. The third kappa shape index (κ3) is 2.66. The number of unbranched alkanes of at least 4 members (excludes halogenated alkanes) is 1. The zero-order valence-electron chi connectivity index (χ0n) is 7.38. The molecule has 1 heteroatoms. The van der Waals surface area contributed by atoms with Crippen molar-refractivity contribution in [2.75, 3.05) is 0 Å². The first kappa shape index (κ1) is 8.79. The van der Waals surface area contributed by atoms with Crippen molar-refractivity contribution < 1.29 is 4.74 Å². The summed E-state index contributed by atoms with van der Waals surface area (Å²) in [5, 5.41) is 0. The average molecular weight is 154 g/mol. The second-order valence-electron chi connectivity index (χ2n) is 3.25. The summed E-state index contributed by atoms with van der Waals surface area (Å²) in [5.74, 6) is 0. The van der Waals surface area contributed by atoms with Gasteiger partial charge in [0.1, 0.15) is 0 Å². The second kappa shape index (κ2) is 4.55. The molecule has 11 heavy (non-hydrogen) atoms. The Labute approximate surface area is 69.4 Å². The van der Waals surface area contributed by atoms with Crippen molar-refractivity contribution in [3.63, 3.8) is 0 Å². The molecule has 0 N–H and O–H groups in total. The van der Waals surface area contributed by atoms with Gasteiger partial charge in [0.05, 0.1) is 12.2 Å². The molecule has 0 saturated carbocycles. The van der Waals surface area contributed by atoms with Gasteiger partial charge in [-0.3, -0.25) is 0 Å². The number of rotatable bonds is 4. The van der Waals surface area contributed by atoms with Gasteiger partial charge >= 0.3 is 0 Å². The summed E-state index contributed by atoms with van der Waals surface area (Å²) < 4.78 is 5.69. The highest BCUT2D eigenvalue weighted by Gasteiger charge is 2.21. The minimum absolute atomic E-state index is 0.344. The number of ether oxygens (including phenoxy) is 1. The fraction of sp³-hybridized carbons (Fsp3) is 0.800. The predicted molar refractivity (Wildman–Crippen MR) is 47.6 cm³/mol. The lowest BCUT2D eigenvalue weighted by atomic mass is 10.1. The molecule has 1 aliphatic rings. The van der Waals surface area contributed by atoms with Gasteiger partial charge in [-0.2, -0.15) is 0 Å². The Morgan fingerprint density at radius 2 is 2.36 bits per heavy atom. The van der Waals surface area contributed by atoms with Gasteiger partial charge in [-0.15, -0.1) is 6.58 Å². The monoisotopic (exact) mass is 154 g/mol. The van der Waals surface area contributed by atoms with Crippen molar-refractivity contribution in [1.29, 1.82) is 0 Å². The van der Waals surface area contributed by atoms with Gasteiger partial charge in [-0.05, 0) is 19.3 Å². The lowest BCUT2D eigenvalue weighted by Gasteiger charge is -2.09. The first-order valence-corrected chi connectivity index (χ1v) is 4.64. The zero-order chi connectivity index (χ0) is 8.10. The standard InChI is InChI=1S/C10H18O/c1-3-5-6-10-8-7-9(4-2)11-10/h4,9-10H,2-3,5-8H2,1H3/t9-,10+/m0/s1. The SMILES string of the molecule is C=C[C@H]1CC[C@@H](CCCC)O1. The van der Waals surface area contributed by atoms with Crippen LogP contribution < -0.4 is 0 Å². The summed E-state index contributed by atoms with van der Waals surface area (Å²) in [4.78, 5) is 0. The second-order valence-corrected chi connectivity index (χ2v) is 3.25. The van der Waals surface area contributed by atoms with E-state index in [0.717, 1.165) is 0 Å². The molecule has 0 aromatic rings. The van der Waals surface area contributed by atoms with Crippen LogP contribution in [0, 0.1) is 0 Å². The van der Waals surface area contributed by atoms with Gasteiger partial charge in [0.15, 0.2) is 0 Å². The van der Waals surface area contributed by atoms with Gasteiger partial charge in [0, 0.05) is 0 Å². The lowest BCUT2D eigenvalue weighted by molar-refractivity contribution is 0.0645. The van der Waals surface area contributed by atoms with Crippen LogP contribution in [0.4, 0.5) is 0 Å². The quantitative estimate of drug-likeness (QED) is 0.566. The zero-order valence-corrected chi connectivity index (χ0v) is 7.38. The molecule has 0 amide bonds.